The summed E-state index contributed by atoms with van der Waals surface area (Å²) in [5, 5.41) is 9.98. The van der Waals surface area contributed by atoms with Crippen molar-refractivity contribution < 1.29 is 5.11 Å². The fourth-order valence-electron chi connectivity index (χ4n) is 3.24. The summed E-state index contributed by atoms with van der Waals surface area (Å²) in [6.07, 6.45) is 1.71. The van der Waals surface area contributed by atoms with E-state index in [1.165, 1.54) is 0 Å². The number of aromatic nitrogens is 3. The van der Waals surface area contributed by atoms with Crippen LogP contribution >= 0.6 is 0 Å². The van der Waals surface area contributed by atoms with Crippen LogP contribution in [0.5, 0.6) is 0 Å². The second-order valence-corrected chi connectivity index (χ2v) is 6.14. The van der Waals surface area contributed by atoms with E-state index in [4.69, 9.17) is 5.73 Å². The number of hydrogen-bond acceptors (Lipinski definition) is 4. The van der Waals surface area contributed by atoms with Crippen molar-refractivity contribution in [3.63, 3.8) is 0 Å². The average Bonchev–Trinajstić information content (AvgIpc) is 3.08. The Morgan fingerprint density at radius 3 is 2.42 bits per heavy atom. The molecule has 0 saturated carbocycles. The lowest BCUT2D eigenvalue weighted by Gasteiger charge is -2.14. The predicted molar refractivity (Wildman–Crippen MR) is 102 cm³/mol. The number of hydrogen-bond donors (Lipinski definition) is 4. The largest absolute Gasteiger partial charge is 0.395 e. The lowest BCUT2D eigenvalue weighted by molar-refractivity contribution is 0.281. The van der Waals surface area contributed by atoms with Crippen molar-refractivity contribution >= 4 is 17.0 Å². The molecule has 0 radical (unpaired) electrons. The first-order chi connectivity index (χ1) is 12.7. The number of H-pyrrole nitrogens is 2. The van der Waals surface area contributed by atoms with Crippen LogP contribution in [-0.4, -0.2) is 26.7 Å². The number of nitrogens with zero attached hydrogens (tertiary/aromatic N) is 1. The first-order valence-electron chi connectivity index (χ1n) is 8.30. The number of benzene rings is 2. The van der Waals surface area contributed by atoms with Crippen LogP contribution in [0, 0.1) is 0 Å². The highest BCUT2D eigenvalue weighted by Crippen LogP contribution is 2.30. The fourth-order valence-corrected chi connectivity index (χ4v) is 3.24. The normalized spacial score (nSPS) is 12.3. The number of nitrogen functional groups attached to an aromatic ring is 1. The zero-order chi connectivity index (χ0) is 18.1. The standard InChI is InChI=1S/C20H18N4O2/c21-20-23-17-15(10-22-18(17)19(26)24-20)16(11-25)14-8-6-13(7-9-14)12-4-2-1-3-5-12/h1-10,16,22,25H,11H2,(H3,21,23,24,26). The van der Waals surface area contributed by atoms with Crippen LogP contribution < -0.4 is 11.3 Å². The predicted octanol–water partition coefficient (Wildman–Crippen LogP) is 2.62. The molecule has 26 heavy (non-hydrogen) atoms. The van der Waals surface area contributed by atoms with Crippen molar-refractivity contribution in [2.45, 2.75) is 5.92 Å². The summed E-state index contributed by atoms with van der Waals surface area (Å²) in [6, 6.07) is 18.1. The Hall–Kier alpha value is -3.38. The molecule has 0 amide bonds. The lowest BCUT2D eigenvalue weighted by atomic mass is 9.91. The van der Waals surface area contributed by atoms with Crippen molar-refractivity contribution in [2.75, 3.05) is 12.3 Å². The Balaban J connectivity index is 1.75. The van der Waals surface area contributed by atoms with Gasteiger partial charge in [0.15, 0.2) is 0 Å². The molecule has 1 atom stereocenters. The van der Waals surface area contributed by atoms with Gasteiger partial charge in [0, 0.05) is 17.7 Å². The Morgan fingerprint density at radius 2 is 1.73 bits per heavy atom. The molecule has 0 aliphatic heterocycles. The van der Waals surface area contributed by atoms with Crippen molar-refractivity contribution in [3.05, 3.63) is 82.3 Å². The van der Waals surface area contributed by atoms with E-state index in [0.29, 0.717) is 11.0 Å². The molecular weight excluding hydrogens is 328 g/mol. The molecule has 0 aliphatic rings. The van der Waals surface area contributed by atoms with Gasteiger partial charge in [-0.05, 0) is 16.7 Å². The number of nitrogens with one attached hydrogen (secondary N) is 2. The molecule has 0 saturated heterocycles. The summed E-state index contributed by atoms with van der Waals surface area (Å²) in [5.74, 6) is -0.248. The van der Waals surface area contributed by atoms with Crippen LogP contribution in [0.4, 0.5) is 5.95 Å². The van der Waals surface area contributed by atoms with Crippen LogP contribution in [0.15, 0.2) is 65.6 Å². The molecule has 130 valence electrons. The second kappa shape index (κ2) is 6.50. The van der Waals surface area contributed by atoms with Crippen LogP contribution in [0.2, 0.25) is 0 Å². The molecule has 2 aromatic carbocycles. The topological polar surface area (TPSA) is 108 Å². The van der Waals surface area contributed by atoms with Gasteiger partial charge in [0.1, 0.15) is 11.0 Å². The van der Waals surface area contributed by atoms with Crippen molar-refractivity contribution in [3.8, 4) is 11.1 Å². The molecule has 5 N–H and O–H groups in total. The third-order valence-corrected chi connectivity index (χ3v) is 4.56. The van der Waals surface area contributed by atoms with Crippen molar-refractivity contribution in [1.29, 1.82) is 0 Å². The summed E-state index contributed by atoms with van der Waals surface area (Å²) in [6.45, 7) is -0.105. The highest BCUT2D eigenvalue weighted by molar-refractivity contribution is 5.80. The zero-order valence-electron chi connectivity index (χ0n) is 13.9. The molecule has 0 spiro atoms. The summed E-state index contributed by atoms with van der Waals surface area (Å²) in [5.41, 5.74) is 10.1. The highest BCUT2D eigenvalue weighted by Gasteiger charge is 2.20. The summed E-state index contributed by atoms with van der Waals surface area (Å²) in [4.78, 5) is 21.6. The summed E-state index contributed by atoms with van der Waals surface area (Å²) >= 11 is 0. The van der Waals surface area contributed by atoms with Crippen LogP contribution in [0.25, 0.3) is 22.2 Å². The number of aliphatic hydroxyl groups is 1. The second-order valence-electron chi connectivity index (χ2n) is 6.14. The van der Waals surface area contributed by atoms with E-state index in [9.17, 15) is 9.90 Å². The molecule has 2 aromatic heterocycles. The minimum Gasteiger partial charge on any atom is -0.395 e. The summed E-state index contributed by atoms with van der Waals surface area (Å²) < 4.78 is 0. The number of fused-ring (bicyclic) bond motifs is 1. The van der Waals surface area contributed by atoms with Gasteiger partial charge in [-0.2, -0.15) is 0 Å². The quantitative estimate of drug-likeness (QED) is 0.455. The molecule has 2 heterocycles. The maximum atomic E-state index is 12.0. The molecule has 0 fully saturated rings. The van der Waals surface area contributed by atoms with Crippen LogP contribution in [-0.2, 0) is 0 Å². The fraction of sp³-hybridized carbons (Fsp3) is 0.100. The minimum atomic E-state index is -0.324. The molecule has 1 unspecified atom stereocenters. The Bertz CT molecular complexity index is 1100. The molecule has 6 nitrogen and oxygen atoms in total. The Morgan fingerprint density at radius 1 is 1.04 bits per heavy atom. The van der Waals surface area contributed by atoms with Gasteiger partial charge in [-0.15, -0.1) is 0 Å². The molecule has 6 heteroatoms. The molecular formula is C20H18N4O2. The SMILES string of the molecule is Nc1nc2c(C(CO)c3ccc(-c4ccccc4)cc3)c[nH]c2c(=O)[nH]1. The number of nitrogens with two attached hydrogens (primary N) is 1. The highest BCUT2D eigenvalue weighted by atomic mass is 16.3. The van der Waals surface area contributed by atoms with E-state index in [2.05, 4.69) is 27.1 Å². The van der Waals surface area contributed by atoms with Crippen molar-refractivity contribution in [1.82, 2.24) is 15.0 Å². The maximum Gasteiger partial charge on any atom is 0.276 e. The maximum absolute atomic E-state index is 12.0. The van der Waals surface area contributed by atoms with Crippen LogP contribution in [0.3, 0.4) is 0 Å². The van der Waals surface area contributed by atoms with Gasteiger partial charge in [-0.25, -0.2) is 4.98 Å². The van der Waals surface area contributed by atoms with Gasteiger partial charge in [0.2, 0.25) is 5.95 Å². The van der Waals surface area contributed by atoms with E-state index in [-0.39, 0.29) is 24.0 Å². The number of aliphatic hydroxyl groups excluding tert-OH is 1. The molecule has 4 aromatic rings. The minimum absolute atomic E-state index is 0.0551. The average molecular weight is 346 g/mol. The number of anilines is 1. The van der Waals surface area contributed by atoms with Gasteiger partial charge < -0.3 is 15.8 Å². The molecule has 0 bridgehead atoms. The first kappa shape index (κ1) is 16.1. The monoisotopic (exact) mass is 346 g/mol. The third kappa shape index (κ3) is 2.76. The van der Waals surface area contributed by atoms with E-state index in [1.807, 2.05) is 42.5 Å². The van der Waals surface area contributed by atoms with Gasteiger partial charge >= 0.3 is 0 Å². The van der Waals surface area contributed by atoms with E-state index in [0.717, 1.165) is 22.3 Å². The Kier molecular flexibility index (Phi) is 4.02. The summed E-state index contributed by atoms with van der Waals surface area (Å²) in [7, 11) is 0. The van der Waals surface area contributed by atoms with E-state index < -0.39 is 0 Å². The van der Waals surface area contributed by atoms with E-state index in [1.54, 1.807) is 6.20 Å². The van der Waals surface area contributed by atoms with Gasteiger partial charge in [-0.3, -0.25) is 9.78 Å². The smallest absolute Gasteiger partial charge is 0.276 e. The van der Waals surface area contributed by atoms with E-state index >= 15 is 0 Å². The van der Waals surface area contributed by atoms with Crippen molar-refractivity contribution in [2.24, 2.45) is 0 Å². The molecule has 4 rings (SSSR count). The third-order valence-electron chi connectivity index (χ3n) is 4.56. The van der Waals surface area contributed by atoms with Gasteiger partial charge in [-0.1, -0.05) is 54.6 Å². The number of rotatable bonds is 4. The Labute approximate surface area is 149 Å². The number of aromatic amines is 2. The zero-order valence-corrected chi connectivity index (χ0v) is 13.9. The van der Waals surface area contributed by atoms with Crippen LogP contribution in [0.1, 0.15) is 17.0 Å². The van der Waals surface area contributed by atoms with Gasteiger partial charge in [0.25, 0.3) is 5.56 Å². The first-order valence-corrected chi connectivity index (χ1v) is 8.30. The van der Waals surface area contributed by atoms with Gasteiger partial charge in [0.05, 0.1) is 6.61 Å². The molecule has 0 aliphatic carbocycles. The lowest BCUT2D eigenvalue weighted by Crippen LogP contribution is -2.12.